The van der Waals surface area contributed by atoms with Gasteiger partial charge in [0.2, 0.25) is 21.8 Å². The Hall–Kier alpha value is -3.28. The summed E-state index contributed by atoms with van der Waals surface area (Å²) in [5.74, 6) is -0.634. The number of methoxy groups -OCH3 is 1. The van der Waals surface area contributed by atoms with Gasteiger partial charge in [0.05, 0.1) is 24.6 Å². The van der Waals surface area contributed by atoms with Gasteiger partial charge in [0.25, 0.3) is 0 Å². The molecule has 12 heteroatoms. The van der Waals surface area contributed by atoms with Crippen molar-refractivity contribution in [3.05, 3.63) is 59.7 Å². The fraction of sp³-hybridized carbons (Fsp3) is 0.440. The van der Waals surface area contributed by atoms with Gasteiger partial charge in [-0.1, -0.05) is 32.0 Å². The summed E-state index contributed by atoms with van der Waals surface area (Å²) in [6.07, 6.45) is -3.00. The molecule has 0 spiro atoms. The molecule has 0 aliphatic carbocycles. The molecule has 2 amide bonds. The van der Waals surface area contributed by atoms with Crippen molar-refractivity contribution in [2.24, 2.45) is 0 Å². The fourth-order valence-corrected chi connectivity index (χ4v) is 4.55. The lowest BCUT2D eigenvalue weighted by molar-refractivity contribution is -0.140. The van der Waals surface area contributed by atoms with Crippen molar-refractivity contribution < 1.29 is 35.9 Å². The van der Waals surface area contributed by atoms with Gasteiger partial charge in [0.1, 0.15) is 18.3 Å². The molecule has 0 aliphatic heterocycles. The van der Waals surface area contributed by atoms with Crippen LogP contribution in [0.15, 0.2) is 48.5 Å². The number of anilines is 1. The molecule has 204 valence electrons. The highest BCUT2D eigenvalue weighted by atomic mass is 32.2. The lowest BCUT2D eigenvalue weighted by Gasteiger charge is -2.33. The highest BCUT2D eigenvalue weighted by Gasteiger charge is 2.34. The Morgan fingerprint density at radius 2 is 1.76 bits per heavy atom. The van der Waals surface area contributed by atoms with E-state index in [4.69, 9.17) is 4.74 Å². The van der Waals surface area contributed by atoms with Crippen LogP contribution in [0.25, 0.3) is 0 Å². The van der Waals surface area contributed by atoms with Crippen LogP contribution in [0.4, 0.5) is 18.9 Å². The van der Waals surface area contributed by atoms with Crippen molar-refractivity contribution >= 4 is 27.5 Å². The normalized spacial score (nSPS) is 12.5. The van der Waals surface area contributed by atoms with Crippen molar-refractivity contribution in [3.63, 3.8) is 0 Å². The number of halogens is 3. The smallest absolute Gasteiger partial charge is 0.416 e. The number of carbonyl (C=O) groups is 2. The van der Waals surface area contributed by atoms with Crippen molar-refractivity contribution in [2.75, 3.05) is 30.8 Å². The van der Waals surface area contributed by atoms with Crippen LogP contribution >= 0.6 is 0 Å². The Morgan fingerprint density at radius 1 is 1.08 bits per heavy atom. The number of carbonyl (C=O) groups excluding carboxylic acids is 2. The lowest BCUT2D eigenvalue weighted by Crippen LogP contribution is -2.52. The minimum Gasteiger partial charge on any atom is -0.497 e. The molecule has 2 aromatic carbocycles. The molecule has 0 aliphatic rings. The third-order valence-corrected chi connectivity index (χ3v) is 6.70. The molecule has 0 saturated carbocycles. The van der Waals surface area contributed by atoms with Crippen molar-refractivity contribution in [3.8, 4) is 5.75 Å². The van der Waals surface area contributed by atoms with Crippen LogP contribution < -0.4 is 14.4 Å². The van der Waals surface area contributed by atoms with E-state index in [0.29, 0.717) is 34.7 Å². The molecular weight excluding hydrogens is 511 g/mol. The van der Waals surface area contributed by atoms with Crippen LogP contribution in [0.1, 0.15) is 37.8 Å². The topological polar surface area (TPSA) is 96.0 Å². The molecular formula is C25H32F3N3O5S. The zero-order chi connectivity index (χ0) is 27.8. The van der Waals surface area contributed by atoms with Crippen molar-refractivity contribution in [1.29, 1.82) is 0 Å². The van der Waals surface area contributed by atoms with Crippen molar-refractivity contribution in [1.82, 2.24) is 10.2 Å². The first-order valence-electron chi connectivity index (χ1n) is 11.7. The lowest BCUT2D eigenvalue weighted by atomic mass is 10.1. The van der Waals surface area contributed by atoms with Gasteiger partial charge < -0.3 is 15.0 Å². The van der Waals surface area contributed by atoms with E-state index < -0.39 is 46.2 Å². The van der Waals surface area contributed by atoms with Crippen LogP contribution in [-0.4, -0.2) is 57.6 Å². The number of nitrogens with one attached hydrogen (secondary N) is 1. The van der Waals surface area contributed by atoms with Gasteiger partial charge >= 0.3 is 6.18 Å². The number of rotatable bonds is 12. The minimum absolute atomic E-state index is 0.0473. The predicted molar refractivity (Wildman–Crippen MR) is 135 cm³/mol. The van der Waals surface area contributed by atoms with E-state index in [9.17, 15) is 31.2 Å². The summed E-state index contributed by atoms with van der Waals surface area (Å²) < 4.78 is 70.8. The standard InChI is InChI=1S/C25H32F3N3O5S/c1-5-13-29-24(33)22(6-2)30(16-18-9-7-12-21(14-18)36-3)23(32)17-31(37(4,34)35)20-11-8-10-19(15-20)25(26,27)28/h7-12,14-15,22H,5-6,13,16-17H2,1-4H3,(H,29,33)/t22-/m0/s1. The summed E-state index contributed by atoms with van der Waals surface area (Å²) in [5, 5.41) is 2.75. The maximum Gasteiger partial charge on any atom is 0.416 e. The molecule has 2 rings (SSSR count). The Kier molecular flexibility index (Phi) is 10.4. The van der Waals surface area contributed by atoms with Crippen LogP contribution in [0, 0.1) is 0 Å². The Bertz CT molecular complexity index is 1190. The number of benzene rings is 2. The molecule has 0 fully saturated rings. The second kappa shape index (κ2) is 12.8. The summed E-state index contributed by atoms with van der Waals surface area (Å²) in [7, 11) is -2.68. The van der Waals surface area contributed by atoms with Gasteiger partial charge in [0.15, 0.2) is 0 Å². The third kappa shape index (κ3) is 8.38. The number of hydrogen-bond donors (Lipinski definition) is 1. The number of amides is 2. The van der Waals surface area contributed by atoms with Crippen molar-refractivity contribution in [2.45, 2.75) is 45.5 Å². The number of alkyl halides is 3. The largest absolute Gasteiger partial charge is 0.497 e. The molecule has 1 N–H and O–H groups in total. The fourth-order valence-electron chi connectivity index (χ4n) is 3.70. The molecule has 0 unspecified atom stereocenters. The van der Waals surface area contributed by atoms with Gasteiger partial charge in [-0.05, 0) is 48.7 Å². The Balaban J connectivity index is 2.49. The van der Waals surface area contributed by atoms with Gasteiger partial charge in [-0.2, -0.15) is 13.2 Å². The molecule has 37 heavy (non-hydrogen) atoms. The molecule has 0 aromatic heterocycles. The van der Waals surface area contributed by atoms with E-state index in [1.807, 2.05) is 6.92 Å². The average Bonchev–Trinajstić information content (AvgIpc) is 2.84. The molecule has 8 nitrogen and oxygen atoms in total. The van der Waals surface area contributed by atoms with E-state index in [2.05, 4.69) is 5.32 Å². The maximum atomic E-state index is 13.6. The van der Waals surface area contributed by atoms with E-state index in [1.54, 1.807) is 31.2 Å². The third-order valence-electron chi connectivity index (χ3n) is 5.56. The van der Waals surface area contributed by atoms with E-state index in [1.165, 1.54) is 18.1 Å². The van der Waals surface area contributed by atoms with E-state index >= 15 is 0 Å². The SMILES string of the molecule is CCCNC(=O)[C@H](CC)N(Cc1cccc(OC)c1)C(=O)CN(c1cccc(C(F)(F)F)c1)S(C)(=O)=O. The van der Waals surface area contributed by atoms with Crippen LogP contribution in [0.2, 0.25) is 0 Å². The highest BCUT2D eigenvalue weighted by Crippen LogP contribution is 2.32. The summed E-state index contributed by atoms with van der Waals surface area (Å²) in [5.41, 5.74) is -0.736. The number of nitrogens with zero attached hydrogens (tertiary/aromatic N) is 2. The monoisotopic (exact) mass is 543 g/mol. The molecule has 0 radical (unpaired) electrons. The number of ether oxygens (including phenoxy) is 1. The molecule has 0 heterocycles. The van der Waals surface area contributed by atoms with Crippen LogP contribution in [0.3, 0.4) is 0 Å². The Morgan fingerprint density at radius 3 is 2.32 bits per heavy atom. The number of sulfonamides is 1. The second-order valence-electron chi connectivity index (χ2n) is 8.41. The van der Waals surface area contributed by atoms with E-state index in [0.717, 1.165) is 18.4 Å². The number of hydrogen-bond acceptors (Lipinski definition) is 5. The Labute approximate surface area is 215 Å². The zero-order valence-electron chi connectivity index (χ0n) is 21.2. The minimum atomic E-state index is -4.70. The molecule has 0 saturated heterocycles. The molecule has 2 aromatic rings. The van der Waals surface area contributed by atoms with Gasteiger partial charge in [0, 0.05) is 13.1 Å². The molecule has 1 atom stereocenters. The first-order chi connectivity index (χ1) is 17.3. The van der Waals surface area contributed by atoms with Crippen LogP contribution in [-0.2, 0) is 32.3 Å². The average molecular weight is 544 g/mol. The highest BCUT2D eigenvalue weighted by molar-refractivity contribution is 7.92. The van der Waals surface area contributed by atoms with Gasteiger partial charge in [-0.25, -0.2) is 8.42 Å². The molecule has 0 bridgehead atoms. The summed E-state index contributed by atoms with van der Waals surface area (Å²) in [6, 6.07) is 9.62. The second-order valence-corrected chi connectivity index (χ2v) is 10.3. The van der Waals surface area contributed by atoms with E-state index in [-0.39, 0.29) is 18.7 Å². The van der Waals surface area contributed by atoms with Crippen LogP contribution in [0.5, 0.6) is 5.75 Å². The van der Waals surface area contributed by atoms with Gasteiger partial charge in [-0.3, -0.25) is 13.9 Å². The first-order valence-corrected chi connectivity index (χ1v) is 13.5. The zero-order valence-corrected chi connectivity index (χ0v) is 22.0. The summed E-state index contributed by atoms with van der Waals surface area (Å²) in [4.78, 5) is 27.7. The maximum absolute atomic E-state index is 13.6. The quantitative estimate of drug-likeness (QED) is 0.439. The summed E-state index contributed by atoms with van der Waals surface area (Å²) in [6.45, 7) is 3.13. The van der Waals surface area contributed by atoms with Gasteiger partial charge in [-0.15, -0.1) is 0 Å². The predicted octanol–water partition coefficient (Wildman–Crippen LogP) is 3.81. The first kappa shape index (κ1) is 29.9. The summed E-state index contributed by atoms with van der Waals surface area (Å²) >= 11 is 0.